The molecule has 31 heavy (non-hydrogen) atoms. The highest BCUT2D eigenvalue weighted by Gasteiger charge is 2.26. The van der Waals surface area contributed by atoms with Gasteiger partial charge in [0.2, 0.25) is 0 Å². The van der Waals surface area contributed by atoms with Crippen LogP contribution in [0.4, 0.5) is 0 Å². The van der Waals surface area contributed by atoms with Gasteiger partial charge in [-0.1, -0.05) is 117 Å². The maximum absolute atomic E-state index is 13.0. The molecule has 0 aliphatic heterocycles. The summed E-state index contributed by atoms with van der Waals surface area (Å²) in [7, 11) is -1.22. The molecule has 4 heteroatoms. The van der Waals surface area contributed by atoms with Crippen LogP contribution in [0.1, 0.15) is 0 Å². The lowest BCUT2D eigenvalue weighted by molar-refractivity contribution is -0.133. The third-order valence-electron chi connectivity index (χ3n) is 4.82. The number of ether oxygens (including phenoxy) is 1. The summed E-state index contributed by atoms with van der Waals surface area (Å²) in [4.78, 5) is 13.0. The predicted molar refractivity (Wildman–Crippen MR) is 138 cm³/mol. The van der Waals surface area contributed by atoms with E-state index in [0.29, 0.717) is 0 Å². The van der Waals surface area contributed by atoms with Gasteiger partial charge in [-0.15, -0.1) is 5.92 Å². The molecule has 0 aliphatic carbocycles. The average molecular weight is 445 g/mol. The zero-order valence-electron chi connectivity index (χ0n) is 18.4. The van der Waals surface area contributed by atoms with E-state index in [4.69, 9.17) is 4.74 Å². The molecule has 0 aromatic heterocycles. The largest absolute Gasteiger partial charge is 0.449 e. The Balaban J connectivity index is 2.07. The standard InChI is InChI=1S/C27H29O2PSi/c1-31(2,3)22-14-13-21-29-27(28)23-30(24-15-7-4-8-16-24,25-17-9-5-10-18-25)26-19-11-6-12-20-26/h4-12,15-20,23H,21-22H2,1-3H3. The highest BCUT2D eigenvalue weighted by Crippen LogP contribution is 2.43. The summed E-state index contributed by atoms with van der Waals surface area (Å²) in [5, 5.41) is 3.36. The fourth-order valence-corrected chi connectivity index (χ4v) is 7.66. The van der Waals surface area contributed by atoms with Gasteiger partial charge in [0.05, 0.1) is 8.07 Å². The quantitative estimate of drug-likeness (QED) is 0.239. The molecule has 0 spiro atoms. The Hall–Kier alpha value is -2.79. The van der Waals surface area contributed by atoms with E-state index in [-0.39, 0.29) is 12.6 Å². The predicted octanol–water partition coefficient (Wildman–Crippen LogP) is 4.67. The zero-order valence-corrected chi connectivity index (χ0v) is 20.3. The van der Waals surface area contributed by atoms with Gasteiger partial charge in [-0.05, 0) is 22.8 Å². The van der Waals surface area contributed by atoms with E-state index in [0.717, 1.165) is 22.0 Å². The molecule has 0 heterocycles. The van der Waals surface area contributed by atoms with Gasteiger partial charge in [-0.25, -0.2) is 4.79 Å². The summed E-state index contributed by atoms with van der Waals surface area (Å²) in [6, 6.07) is 31.7. The van der Waals surface area contributed by atoms with E-state index < -0.39 is 15.0 Å². The topological polar surface area (TPSA) is 26.3 Å². The normalized spacial score (nSPS) is 11.2. The average Bonchev–Trinajstić information content (AvgIpc) is 2.78. The molecule has 3 aromatic carbocycles. The van der Waals surface area contributed by atoms with Gasteiger partial charge in [0.15, 0.2) is 6.61 Å². The van der Waals surface area contributed by atoms with Crippen LogP contribution in [0.2, 0.25) is 25.7 Å². The van der Waals surface area contributed by atoms with Crippen molar-refractivity contribution in [1.29, 1.82) is 0 Å². The first kappa shape index (κ1) is 22.9. The molecule has 0 saturated carbocycles. The van der Waals surface area contributed by atoms with E-state index in [2.05, 4.69) is 67.9 Å². The number of hydrogen-bond donors (Lipinski definition) is 0. The van der Waals surface area contributed by atoms with Crippen molar-refractivity contribution in [3.8, 4) is 11.8 Å². The monoisotopic (exact) mass is 444 g/mol. The molecule has 0 atom stereocenters. The molecule has 0 saturated heterocycles. The maximum atomic E-state index is 13.0. The van der Waals surface area contributed by atoms with Crippen LogP contribution < -0.4 is 15.9 Å². The third kappa shape index (κ3) is 6.11. The van der Waals surface area contributed by atoms with Gasteiger partial charge >= 0.3 is 5.97 Å². The molecule has 0 amide bonds. The van der Waals surface area contributed by atoms with Crippen molar-refractivity contribution in [2.24, 2.45) is 0 Å². The van der Waals surface area contributed by atoms with Crippen molar-refractivity contribution in [3.05, 3.63) is 91.0 Å². The molecule has 3 aromatic rings. The number of esters is 1. The molecule has 0 radical (unpaired) electrons. The van der Waals surface area contributed by atoms with Crippen LogP contribution in [0.15, 0.2) is 91.0 Å². The van der Waals surface area contributed by atoms with E-state index in [9.17, 15) is 4.79 Å². The summed E-state index contributed by atoms with van der Waals surface area (Å²) < 4.78 is 5.55. The van der Waals surface area contributed by atoms with Crippen LogP contribution >= 0.6 is 6.89 Å². The minimum absolute atomic E-state index is 0.123. The van der Waals surface area contributed by atoms with Crippen LogP contribution in [-0.4, -0.2) is 26.4 Å². The Morgan fingerprint density at radius 3 is 1.58 bits per heavy atom. The lowest BCUT2D eigenvalue weighted by Crippen LogP contribution is -2.29. The fourth-order valence-electron chi connectivity index (χ4n) is 3.34. The number of benzene rings is 3. The van der Waals surface area contributed by atoms with Gasteiger partial charge in [0, 0.05) is 11.8 Å². The molecular formula is C27H29O2PSi. The Morgan fingerprint density at radius 2 is 1.19 bits per heavy atom. The summed E-state index contributed by atoms with van der Waals surface area (Å²) in [5.74, 6) is 7.65. The molecule has 3 rings (SSSR count). The minimum atomic E-state index is -2.33. The summed E-state index contributed by atoms with van der Waals surface area (Å²) in [6.45, 7) is 4.62. The first-order valence-electron chi connectivity index (χ1n) is 10.5. The van der Waals surface area contributed by atoms with Crippen molar-refractivity contribution in [2.75, 3.05) is 6.61 Å². The molecular weight excluding hydrogens is 415 g/mol. The molecule has 2 nitrogen and oxygen atoms in total. The number of carbonyl (C=O) groups is 1. The summed E-state index contributed by atoms with van der Waals surface area (Å²) in [5.41, 5.74) is 0. The Morgan fingerprint density at radius 1 is 0.774 bits per heavy atom. The van der Waals surface area contributed by atoms with Gasteiger partial charge in [-0.2, -0.15) is 0 Å². The smallest absolute Gasteiger partial charge is 0.332 e. The van der Waals surface area contributed by atoms with Crippen molar-refractivity contribution >= 4 is 42.6 Å². The zero-order chi connectivity index (χ0) is 22.2. The van der Waals surface area contributed by atoms with Crippen molar-refractivity contribution in [1.82, 2.24) is 0 Å². The number of rotatable bonds is 6. The van der Waals surface area contributed by atoms with E-state index in [1.807, 2.05) is 54.6 Å². The number of hydrogen-bond acceptors (Lipinski definition) is 2. The molecule has 0 fully saturated rings. The van der Waals surface area contributed by atoms with Gasteiger partial charge in [0.1, 0.15) is 0 Å². The van der Waals surface area contributed by atoms with Crippen LogP contribution in [0.5, 0.6) is 0 Å². The second kappa shape index (κ2) is 10.5. The summed E-state index contributed by atoms with van der Waals surface area (Å²) in [6.07, 6.45) is 0. The van der Waals surface area contributed by atoms with Crippen LogP contribution in [-0.2, 0) is 9.53 Å². The minimum Gasteiger partial charge on any atom is -0.449 e. The van der Waals surface area contributed by atoms with E-state index in [1.54, 1.807) is 5.80 Å². The van der Waals surface area contributed by atoms with E-state index >= 15 is 0 Å². The van der Waals surface area contributed by atoms with Gasteiger partial charge < -0.3 is 4.74 Å². The molecule has 0 unspecified atom stereocenters. The SMILES string of the molecule is C[Si](C)(C)CC#CCOC(=O)C=P(c1ccccc1)(c1ccccc1)c1ccccc1. The highest BCUT2D eigenvalue weighted by molar-refractivity contribution is 7.95. The maximum Gasteiger partial charge on any atom is 0.332 e. The van der Waals surface area contributed by atoms with E-state index in [1.165, 1.54) is 0 Å². The van der Waals surface area contributed by atoms with Gasteiger partial charge in [-0.3, -0.25) is 0 Å². The van der Waals surface area contributed by atoms with Crippen LogP contribution in [0, 0.1) is 11.8 Å². The van der Waals surface area contributed by atoms with Gasteiger partial charge in [0.25, 0.3) is 0 Å². The first-order chi connectivity index (χ1) is 14.9. The van der Waals surface area contributed by atoms with Crippen LogP contribution in [0.25, 0.3) is 0 Å². The third-order valence-corrected chi connectivity index (χ3v) is 9.99. The highest BCUT2D eigenvalue weighted by atomic mass is 31.2. The lowest BCUT2D eigenvalue weighted by Gasteiger charge is -2.28. The Kier molecular flexibility index (Phi) is 7.74. The molecule has 0 N–H and O–H groups in total. The molecule has 158 valence electrons. The first-order valence-corrected chi connectivity index (χ1v) is 16.0. The second-order valence-corrected chi connectivity index (χ2v) is 17.3. The van der Waals surface area contributed by atoms with Crippen molar-refractivity contribution in [3.63, 3.8) is 0 Å². The van der Waals surface area contributed by atoms with Crippen molar-refractivity contribution < 1.29 is 9.53 Å². The molecule has 0 bridgehead atoms. The second-order valence-electron chi connectivity index (χ2n) is 8.56. The van der Waals surface area contributed by atoms with Crippen LogP contribution in [0.3, 0.4) is 0 Å². The molecule has 0 aliphatic rings. The Bertz CT molecular complexity index is 1000. The summed E-state index contributed by atoms with van der Waals surface area (Å²) >= 11 is 0. The Labute approximate surface area is 187 Å². The van der Waals surface area contributed by atoms with Crippen molar-refractivity contribution in [2.45, 2.75) is 25.7 Å². The number of carbonyl (C=O) groups excluding carboxylic acids is 1. The fraction of sp³-hybridized carbons (Fsp3) is 0.185. The lowest BCUT2D eigenvalue weighted by atomic mass is 10.4.